The van der Waals surface area contributed by atoms with Crippen LogP contribution < -0.4 is 9.47 Å². The van der Waals surface area contributed by atoms with E-state index in [4.69, 9.17) is 9.47 Å². The van der Waals surface area contributed by atoms with Gasteiger partial charge in [0.1, 0.15) is 11.5 Å². The number of benzene rings is 1. The van der Waals surface area contributed by atoms with Crippen LogP contribution in [0.4, 0.5) is 0 Å². The summed E-state index contributed by atoms with van der Waals surface area (Å²) in [4.78, 5) is 0. The van der Waals surface area contributed by atoms with Crippen LogP contribution in [0.25, 0.3) is 0 Å². The maximum atomic E-state index is 11.0. The fourth-order valence-corrected chi connectivity index (χ4v) is 3.11. The van der Waals surface area contributed by atoms with Gasteiger partial charge in [-0.15, -0.1) is 0 Å². The molecule has 1 aromatic rings. The molecule has 3 heteroatoms. The molecule has 0 saturated heterocycles. The molecule has 2 unspecified atom stereocenters. The second-order valence-corrected chi connectivity index (χ2v) is 4.99. The zero-order valence-corrected chi connectivity index (χ0v) is 11.4. The Balaban J connectivity index is 2.47. The van der Waals surface area contributed by atoms with Gasteiger partial charge in [-0.25, -0.2) is 0 Å². The number of rotatable bonds is 4. The smallest absolute Gasteiger partial charge is 0.125 e. The highest BCUT2D eigenvalue weighted by Crippen LogP contribution is 2.48. The summed E-state index contributed by atoms with van der Waals surface area (Å²) in [5.74, 6) is 1.82. The lowest BCUT2D eigenvalue weighted by Gasteiger charge is -2.31. The predicted octanol–water partition coefficient (Wildman–Crippen LogP) is 3.10. The maximum Gasteiger partial charge on any atom is 0.125 e. The predicted molar refractivity (Wildman–Crippen MR) is 71.1 cm³/mol. The molecule has 1 aromatic carbocycles. The number of hydrogen-bond donors (Lipinski definition) is 1. The van der Waals surface area contributed by atoms with Crippen molar-refractivity contribution in [2.75, 3.05) is 14.2 Å². The molecule has 1 aliphatic carbocycles. The maximum absolute atomic E-state index is 11.0. The Morgan fingerprint density at radius 1 is 1.33 bits per heavy atom. The monoisotopic (exact) mass is 250 g/mol. The zero-order chi connectivity index (χ0) is 13.2. The van der Waals surface area contributed by atoms with Gasteiger partial charge < -0.3 is 14.6 Å². The Morgan fingerprint density at radius 2 is 2.11 bits per heavy atom. The Labute approximate surface area is 109 Å². The standard InChI is InChI=1S/C15H22O3/c1-4-11-6-5-9-15(11,16)13-10-12(17-2)7-8-14(13)18-3/h7-8,10-11,16H,4-6,9H2,1-3H3. The van der Waals surface area contributed by atoms with Gasteiger partial charge in [0, 0.05) is 5.56 Å². The van der Waals surface area contributed by atoms with E-state index in [2.05, 4.69) is 6.92 Å². The average molecular weight is 250 g/mol. The zero-order valence-electron chi connectivity index (χ0n) is 11.4. The Kier molecular flexibility index (Phi) is 3.81. The summed E-state index contributed by atoms with van der Waals surface area (Å²) in [7, 11) is 3.28. The lowest BCUT2D eigenvalue weighted by atomic mass is 9.82. The lowest BCUT2D eigenvalue weighted by molar-refractivity contribution is -0.00601. The number of aliphatic hydroxyl groups is 1. The van der Waals surface area contributed by atoms with E-state index in [9.17, 15) is 5.11 Å². The average Bonchev–Trinajstić information content (AvgIpc) is 2.80. The quantitative estimate of drug-likeness (QED) is 0.892. The minimum absolute atomic E-state index is 0.304. The first kappa shape index (κ1) is 13.2. The Morgan fingerprint density at radius 3 is 2.72 bits per heavy atom. The Hall–Kier alpha value is -1.22. The first-order chi connectivity index (χ1) is 8.65. The largest absolute Gasteiger partial charge is 0.497 e. The molecule has 0 radical (unpaired) electrons. The summed E-state index contributed by atoms with van der Waals surface area (Å²) in [5.41, 5.74) is 0.1000. The highest BCUT2D eigenvalue weighted by molar-refractivity contribution is 5.44. The second-order valence-electron chi connectivity index (χ2n) is 4.99. The fraction of sp³-hybridized carbons (Fsp3) is 0.600. The Bertz CT molecular complexity index is 416. The van der Waals surface area contributed by atoms with E-state index in [1.807, 2.05) is 18.2 Å². The molecule has 0 aliphatic heterocycles. The van der Waals surface area contributed by atoms with Crippen LogP contribution in [0, 0.1) is 5.92 Å². The van der Waals surface area contributed by atoms with Crippen molar-refractivity contribution >= 4 is 0 Å². The van der Waals surface area contributed by atoms with Crippen LogP contribution in [0.1, 0.15) is 38.2 Å². The van der Waals surface area contributed by atoms with Crippen LogP contribution in [0.5, 0.6) is 11.5 Å². The molecule has 100 valence electrons. The van der Waals surface area contributed by atoms with Gasteiger partial charge in [-0.1, -0.05) is 13.3 Å². The van der Waals surface area contributed by atoms with Crippen LogP contribution in [-0.2, 0) is 5.60 Å². The minimum Gasteiger partial charge on any atom is -0.497 e. The van der Waals surface area contributed by atoms with Gasteiger partial charge >= 0.3 is 0 Å². The van der Waals surface area contributed by atoms with Crippen molar-refractivity contribution < 1.29 is 14.6 Å². The topological polar surface area (TPSA) is 38.7 Å². The number of methoxy groups -OCH3 is 2. The molecule has 2 atom stereocenters. The summed E-state index contributed by atoms with van der Waals surface area (Å²) in [5, 5.41) is 11.0. The van der Waals surface area contributed by atoms with Gasteiger partial charge in [-0.3, -0.25) is 0 Å². The summed E-state index contributed by atoms with van der Waals surface area (Å²) in [6.07, 6.45) is 3.93. The summed E-state index contributed by atoms with van der Waals surface area (Å²) in [6.45, 7) is 2.13. The van der Waals surface area contributed by atoms with Gasteiger partial charge in [-0.2, -0.15) is 0 Å². The van der Waals surface area contributed by atoms with E-state index < -0.39 is 5.60 Å². The third kappa shape index (κ3) is 2.07. The van der Waals surface area contributed by atoms with Crippen molar-refractivity contribution in [2.24, 2.45) is 5.92 Å². The van der Waals surface area contributed by atoms with Crippen molar-refractivity contribution in [3.8, 4) is 11.5 Å². The van der Waals surface area contributed by atoms with Crippen LogP contribution in [-0.4, -0.2) is 19.3 Å². The number of ether oxygens (including phenoxy) is 2. The molecule has 18 heavy (non-hydrogen) atoms. The van der Waals surface area contributed by atoms with Crippen molar-refractivity contribution in [3.05, 3.63) is 23.8 Å². The second kappa shape index (κ2) is 5.19. The van der Waals surface area contributed by atoms with E-state index in [1.54, 1.807) is 14.2 Å². The molecule has 0 aromatic heterocycles. The van der Waals surface area contributed by atoms with Gasteiger partial charge in [-0.05, 0) is 43.4 Å². The van der Waals surface area contributed by atoms with Crippen LogP contribution in [0.15, 0.2) is 18.2 Å². The van der Waals surface area contributed by atoms with E-state index in [1.165, 1.54) is 0 Å². The summed E-state index contributed by atoms with van der Waals surface area (Å²) in [6, 6.07) is 5.64. The van der Waals surface area contributed by atoms with E-state index in [0.29, 0.717) is 5.92 Å². The molecule has 0 bridgehead atoms. The molecular weight excluding hydrogens is 228 g/mol. The molecule has 1 aliphatic rings. The van der Waals surface area contributed by atoms with Gasteiger partial charge in [0.25, 0.3) is 0 Å². The molecule has 0 spiro atoms. The fourth-order valence-electron chi connectivity index (χ4n) is 3.11. The van der Waals surface area contributed by atoms with Crippen molar-refractivity contribution in [2.45, 2.75) is 38.2 Å². The first-order valence-electron chi connectivity index (χ1n) is 6.60. The third-order valence-corrected chi connectivity index (χ3v) is 4.15. The molecular formula is C15H22O3. The molecule has 1 saturated carbocycles. The summed E-state index contributed by atoms with van der Waals surface area (Å²) < 4.78 is 10.7. The van der Waals surface area contributed by atoms with Crippen molar-refractivity contribution in [1.29, 1.82) is 0 Å². The van der Waals surface area contributed by atoms with E-state index in [0.717, 1.165) is 42.7 Å². The van der Waals surface area contributed by atoms with Crippen LogP contribution in [0.2, 0.25) is 0 Å². The molecule has 0 amide bonds. The molecule has 2 rings (SSSR count). The SMILES string of the molecule is CCC1CCCC1(O)c1cc(OC)ccc1OC. The van der Waals surface area contributed by atoms with Crippen molar-refractivity contribution in [1.82, 2.24) is 0 Å². The van der Waals surface area contributed by atoms with Crippen LogP contribution >= 0.6 is 0 Å². The molecule has 1 fully saturated rings. The van der Waals surface area contributed by atoms with E-state index >= 15 is 0 Å². The first-order valence-corrected chi connectivity index (χ1v) is 6.60. The van der Waals surface area contributed by atoms with Gasteiger partial charge in [0.15, 0.2) is 0 Å². The minimum atomic E-state index is -0.769. The normalized spacial score (nSPS) is 27.2. The highest BCUT2D eigenvalue weighted by Gasteiger charge is 2.43. The van der Waals surface area contributed by atoms with E-state index in [-0.39, 0.29) is 0 Å². The molecule has 1 N–H and O–H groups in total. The highest BCUT2D eigenvalue weighted by atomic mass is 16.5. The molecule has 0 heterocycles. The summed E-state index contributed by atoms with van der Waals surface area (Å²) >= 11 is 0. The molecule has 3 nitrogen and oxygen atoms in total. The number of hydrogen-bond acceptors (Lipinski definition) is 3. The lowest BCUT2D eigenvalue weighted by Crippen LogP contribution is -2.30. The third-order valence-electron chi connectivity index (χ3n) is 4.15. The van der Waals surface area contributed by atoms with Gasteiger partial charge in [0.05, 0.1) is 19.8 Å². The van der Waals surface area contributed by atoms with Gasteiger partial charge in [0.2, 0.25) is 0 Å². The van der Waals surface area contributed by atoms with Crippen molar-refractivity contribution in [3.63, 3.8) is 0 Å². The van der Waals surface area contributed by atoms with Crippen LogP contribution in [0.3, 0.4) is 0 Å².